The molecule has 110 valence electrons. The van der Waals surface area contributed by atoms with Crippen LogP contribution in [0.5, 0.6) is 5.75 Å². The number of fused-ring (bicyclic) bond motifs is 4. The van der Waals surface area contributed by atoms with E-state index in [9.17, 15) is 9.18 Å². The maximum Gasteiger partial charge on any atom is 0.407 e. The molecule has 1 fully saturated rings. The van der Waals surface area contributed by atoms with E-state index >= 15 is 0 Å². The monoisotopic (exact) mass is 292 g/mol. The summed E-state index contributed by atoms with van der Waals surface area (Å²) < 4.78 is 20.0. The zero-order chi connectivity index (χ0) is 15.1. The molecule has 2 bridgehead atoms. The Morgan fingerprint density at radius 1 is 1.57 bits per heavy atom. The van der Waals surface area contributed by atoms with Crippen LogP contribution in [0.1, 0.15) is 5.56 Å². The highest BCUT2D eigenvalue weighted by Crippen LogP contribution is 2.39. The Bertz CT molecular complexity index is 658. The molecule has 3 rings (SSSR count). The number of rotatable bonds is 0. The molecular weight excluding hydrogens is 279 g/mol. The van der Waals surface area contributed by atoms with Gasteiger partial charge in [-0.2, -0.15) is 5.26 Å². The van der Waals surface area contributed by atoms with Crippen LogP contribution < -0.4 is 15.4 Å². The molecule has 1 atom stereocenters. The quantitative estimate of drug-likeness (QED) is 0.687. The van der Waals surface area contributed by atoms with E-state index in [1.165, 1.54) is 11.0 Å². The third kappa shape index (κ3) is 1.98. The summed E-state index contributed by atoms with van der Waals surface area (Å²) in [5, 5.41) is 18.2. The summed E-state index contributed by atoms with van der Waals surface area (Å²) in [7, 11) is 0. The van der Waals surface area contributed by atoms with E-state index in [4.69, 9.17) is 20.8 Å². The van der Waals surface area contributed by atoms with Crippen LogP contribution in [0.25, 0.3) is 0 Å². The third-order valence-corrected chi connectivity index (χ3v) is 3.82. The van der Waals surface area contributed by atoms with Crippen molar-refractivity contribution in [3.63, 3.8) is 0 Å². The van der Waals surface area contributed by atoms with Gasteiger partial charge in [-0.15, -0.1) is 0 Å². The highest BCUT2D eigenvalue weighted by Gasteiger charge is 2.36. The number of nitriles is 1. The van der Waals surface area contributed by atoms with Crippen molar-refractivity contribution >= 4 is 17.5 Å². The number of nitrogens with zero attached hydrogens (tertiary/aromatic N) is 3. The van der Waals surface area contributed by atoms with Crippen LogP contribution in [0, 0.1) is 17.1 Å². The lowest BCUT2D eigenvalue weighted by atomic mass is 10.1. The van der Waals surface area contributed by atoms with Crippen molar-refractivity contribution < 1.29 is 19.0 Å². The lowest BCUT2D eigenvalue weighted by Gasteiger charge is -2.38. The zero-order valence-corrected chi connectivity index (χ0v) is 11.0. The van der Waals surface area contributed by atoms with E-state index in [1.54, 1.807) is 11.0 Å². The Kier molecular flexibility index (Phi) is 2.97. The van der Waals surface area contributed by atoms with Crippen LogP contribution in [0.2, 0.25) is 0 Å². The number of carboxylic acid groups (broad SMARTS) is 1. The second-order valence-electron chi connectivity index (χ2n) is 5.00. The molecule has 0 unspecified atom stereocenters. The molecule has 1 saturated heterocycles. The second kappa shape index (κ2) is 4.70. The van der Waals surface area contributed by atoms with E-state index in [1.807, 2.05) is 0 Å². The number of hydrogen-bond acceptors (Lipinski definition) is 5. The number of benzene rings is 1. The molecular formula is C13H13FN4O3. The van der Waals surface area contributed by atoms with Crippen LogP contribution >= 0.6 is 0 Å². The first-order valence-electron chi connectivity index (χ1n) is 6.42. The van der Waals surface area contributed by atoms with Gasteiger partial charge in [-0.05, 0) is 0 Å². The Morgan fingerprint density at radius 2 is 2.33 bits per heavy atom. The van der Waals surface area contributed by atoms with Crippen molar-refractivity contribution in [1.82, 2.24) is 4.90 Å². The van der Waals surface area contributed by atoms with Gasteiger partial charge in [0, 0.05) is 25.7 Å². The van der Waals surface area contributed by atoms with Gasteiger partial charge in [0.2, 0.25) is 0 Å². The SMILES string of the molecule is N#Cc1c(N)cc2c(c1F)N1CCN(C(=O)O)[C@H](CO2)C1. The molecule has 1 aromatic rings. The van der Waals surface area contributed by atoms with Gasteiger partial charge in [0.1, 0.15) is 29.7 Å². The summed E-state index contributed by atoms with van der Waals surface area (Å²) in [5.74, 6) is -0.462. The van der Waals surface area contributed by atoms with E-state index in [0.717, 1.165) is 0 Å². The lowest BCUT2D eigenvalue weighted by Crippen LogP contribution is -2.56. The maximum absolute atomic E-state index is 14.5. The molecule has 0 saturated carbocycles. The standard InChI is InChI=1S/C13H13FN4O3/c14-11-8(4-15)9(16)3-10-12(11)17-1-2-18(13(19)20)7(5-17)6-21-10/h3,7H,1-2,5-6,16H2,(H,19,20)/t7-/m0/s1. The smallest absolute Gasteiger partial charge is 0.407 e. The van der Waals surface area contributed by atoms with Crippen molar-refractivity contribution in [3.8, 4) is 11.8 Å². The van der Waals surface area contributed by atoms with Gasteiger partial charge in [0.15, 0.2) is 5.82 Å². The van der Waals surface area contributed by atoms with E-state index < -0.39 is 11.9 Å². The fraction of sp³-hybridized carbons (Fsp3) is 0.385. The third-order valence-electron chi connectivity index (χ3n) is 3.82. The predicted molar refractivity (Wildman–Crippen MR) is 71.8 cm³/mol. The number of carbonyl (C=O) groups is 1. The van der Waals surface area contributed by atoms with Crippen LogP contribution in [-0.4, -0.2) is 48.4 Å². The Labute approximate surface area is 119 Å². The van der Waals surface area contributed by atoms with Gasteiger partial charge in [-0.3, -0.25) is 4.90 Å². The lowest BCUT2D eigenvalue weighted by molar-refractivity contribution is 0.101. The van der Waals surface area contributed by atoms with Gasteiger partial charge < -0.3 is 20.5 Å². The molecule has 1 aromatic carbocycles. The van der Waals surface area contributed by atoms with Crippen molar-refractivity contribution in [3.05, 3.63) is 17.4 Å². The fourth-order valence-electron chi connectivity index (χ4n) is 2.79. The Morgan fingerprint density at radius 3 is 3.00 bits per heavy atom. The van der Waals surface area contributed by atoms with Gasteiger partial charge in [0.05, 0.1) is 11.7 Å². The van der Waals surface area contributed by atoms with Crippen molar-refractivity contribution in [2.45, 2.75) is 6.04 Å². The first kappa shape index (κ1) is 13.3. The van der Waals surface area contributed by atoms with E-state index in [-0.39, 0.29) is 41.9 Å². The van der Waals surface area contributed by atoms with Crippen LogP contribution in [0.4, 0.5) is 20.6 Å². The highest BCUT2D eigenvalue weighted by molar-refractivity contribution is 5.73. The summed E-state index contributed by atoms with van der Waals surface area (Å²) in [6.45, 7) is 1.05. The summed E-state index contributed by atoms with van der Waals surface area (Å²) in [6, 6.07) is 2.79. The van der Waals surface area contributed by atoms with Gasteiger partial charge in [0.25, 0.3) is 0 Å². The molecule has 0 aromatic heterocycles. The average molecular weight is 292 g/mol. The molecule has 2 heterocycles. The molecule has 2 aliphatic heterocycles. The summed E-state index contributed by atoms with van der Waals surface area (Å²) >= 11 is 0. The molecule has 0 radical (unpaired) electrons. The molecule has 21 heavy (non-hydrogen) atoms. The largest absolute Gasteiger partial charge is 0.489 e. The maximum atomic E-state index is 14.5. The summed E-state index contributed by atoms with van der Waals surface area (Å²) in [4.78, 5) is 14.2. The first-order chi connectivity index (χ1) is 10.0. The zero-order valence-electron chi connectivity index (χ0n) is 11.0. The summed E-state index contributed by atoms with van der Waals surface area (Å²) in [5.41, 5.74) is 5.65. The van der Waals surface area contributed by atoms with Crippen LogP contribution in [-0.2, 0) is 0 Å². The minimum atomic E-state index is -1.02. The molecule has 3 N–H and O–H groups in total. The number of nitrogens with two attached hydrogens (primary N) is 1. The number of hydrogen-bond donors (Lipinski definition) is 2. The van der Waals surface area contributed by atoms with Crippen molar-refractivity contribution in [2.24, 2.45) is 0 Å². The Balaban J connectivity index is 2.05. The first-order valence-corrected chi connectivity index (χ1v) is 6.42. The molecule has 0 aliphatic carbocycles. The van der Waals surface area contributed by atoms with Gasteiger partial charge >= 0.3 is 6.09 Å². The highest BCUT2D eigenvalue weighted by atomic mass is 19.1. The fourth-order valence-corrected chi connectivity index (χ4v) is 2.79. The molecule has 1 amide bonds. The number of nitrogen functional groups attached to an aromatic ring is 1. The van der Waals surface area contributed by atoms with E-state index in [2.05, 4.69) is 0 Å². The number of anilines is 2. The van der Waals surface area contributed by atoms with E-state index in [0.29, 0.717) is 13.1 Å². The normalized spacial score (nSPS) is 20.1. The number of amides is 1. The van der Waals surface area contributed by atoms with Crippen LogP contribution in [0.3, 0.4) is 0 Å². The number of halogens is 1. The summed E-state index contributed by atoms with van der Waals surface area (Å²) in [6.07, 6.45) is -1.02. The van der Waals surface area contributed by atoms with Crippen molar-refractivity contribution in [2.75, 3.05) is 36.9 Å². The molecule has 7 nitrogen and oxygen atoms in total. The second-order valence-corrected chi connectivity index (χ2v) is 5.00. The number of piperazine rings is 1. The molecule has 2 aliphatic rings. The van der Waals surface area contributed by atoms with Crippen molar-refractivity contribution in [1.29, 1.82) is 5.26 Å². The molecule has 8 heteroatoms. The topological polar surface area (TPSA) is 103 Å². The minimum absolute atomic E-state index is 0.0153. The molecule has 0 spiro atoms. The Hall–Kier alpha value is -2.69. The number of ether oxygens (including phenoxy) is 1. The predicted octanol–water partition coefficient (Wildman–Crippen LogP) is 0.841. The van der Waals surface area contributed by atoms with Gasteiger partial charge in [-0.1, -0.05) is 0 Å². The van der Waals surface area contributed by atoms with Gasteiger partial charge in [-0.25, -0.2) is 9.18 Å². The van der Waals surface area contributed by atoms with Crippen LogP contribution in [0.15, 0.2) is 6.07 Å². The minimum Gasteiger partial charge on any atom is -0.489 e. The average Bonchev–Trinajstić information content (AvgIpc) is 2.57.